The molecular formula is C18H18N4O. The van der Waals surface area contributed by atoms with Gasteiger partial charge in [-0.25, -0.2) is 4.68 Å². The SMILES string of the molecule is Cc1ncccc1C(=O)N[C@@H](C)c1cccc(-n2cccn2)c1. The number of nitrogens with one attached hydrogen (secondary N) is 1. The Morgan fingerprint density at radius 2 is 2.04 bits per heavy atom. The van der Waals surface area contributed by atoms with Crippen LogP contribution in [0.2, 0.25) is 0 Å². The lowest BCUT2D eigenvalue weighted by Crippen LogP contribution is -2.27. The van der Waals surface area contributed by atoms with Gasteiger partial charge in [0.05, 0.1) is 17.3 Å². The predicted molar refractivity (Wildman–Crippen MR) is 88.4 cm³/mol. The Kier molecular flexibility index (Phi) is 4.19. The van der Waals surface area contributed by atoms with Crippen LogP contribution in [0.3, 0.4) is 0 Å². The van der Waals surface area contributed by atoms with E-state index >= 15 is 0 Å². The van der Waals surface area contributed by atoms with Gasteiger partial charge in [-0.15, -0.1) is 0 Å². The molecule has 0 aliphatic rings. The van der Waals surface area contributed by atoms with E-state index < -0.39 is 0 Å². The summed E-state index contributed by atoms with van der Waals surface area (Å²) in [6.07, 6.45) is 5.31. The molecule has 3 rings (SSSR count). The van der Waals surface area contributed by atoms with Crippen molar-refractivity contribution in [3.63, 3.8) is 0 Å². The fraction of sp³-hybridized carbons (Fsp3) is 0.167. The van der Waals surface area contributed by atoms with Crippen molar-refractivity contribution in [2.24, 2.45) is 0 Å². The molecule has 0 aliphatic heterocycles. The Hall–Kier alpha value is -2.95. The van der Waals surface area contributed by atoms with Crippen LogP contribution in [0.4, 0.5) is 0 Å². The number of rotatable bonds is 4. The van der Waals surface area contributed by atoms with Crippen molar-refractivity contribution in [2.45, 2.75) is 19.9 Å². The second kappa shape index (κ2) is 6.44. The normalized spacial score (nSPS) is 11.9. The van der Waals surface area contributed by atoms with Crippen LogP contribution < -0.4 is 5.32 Å². The van der Waals surface area contributed by atoms with Crippen molar-refractivity contribution in [1.29, 1.82) is 0 Å². The monoisotopic (exact) mass is 306 g/mol. The highest BCUT2D eigenvalue weighted by Gasteiger charge is 2.14. The number of hydrogen-bond acceptors (Lipinski definition) is 3. The molecule has 5 nitrogen and oxygen atoms in total. The van der Waals surface area contributed by atoms with Gasteiger partial charge in [0.1, 0.15) is 0 Å². The van der Waals surface area contributed by atoms with Crippen molar-refractivity contribution in [1.82, 2.24) is 20.1 Å². The lowest BCUT2D eigenvalue weighted by atomic mass is 10.1. The van der Waals surface area contributed by atoms with Crippen LogP contribution in [0.1, 0.15) is 34.6 Å². The highest BCUT2D eigenvalue weighted by molar-refractivity contribution is 5.95. The quantitative estimate of drug-likeness (QED) is 0.806. The van der Waals surface area contributed by atoms with Crippen molar-refractivity contribution in [3.05, 3.63) is 77.9 Å². The molecule has 0 spiro atoms. The number of carbonyl (C=O) groups excluding carboxylic acids is 1. The molecule has 0 saturated heterocycles. The molecule has 116 valence electrons. The molecule has 23 heavy (non-hydrogen) atoms. The summed E-state index contributed by atoms with van der Waals surface area (Å²) in [5, 5.41) is 7.25. The largest absolute Gasteiger partial charge is 0.345 e. The lowest BCUT2D eigenvalue weighted by molar-refractivity contribution is 0.0939. The molecule has 0 radical (unpaired) electrons. The zero-order chi connectivity index (χ0) is 16.2. The third kappa shape index (κ3) is 3.29. The summed E-state index contributed by atoms with van der Waals surface area (Å²) < 4.78 is 1.79. The van der Waals surface area contributed by atoms with Crippen LogP contribution in [0, 0.1) is 6.92 Å². The summed E-state index contributed by atoms with van der Waals surface area (Å²) in [6.45, 7) is 3.80. The summed E-state index contributed by atoms with van der Waals surface area (Å²) in [6, 6.07) is 13.3. The Balaban J connectivity index is 1.79. The Bertz CT molecular complexity index is 811. The van der Waals surface area contributed by atoms with Gasteiger partial charge in [0.15, 0.2) is 0 Å². The van der Waals surface area contributed by atoms with Crippen molar-refractivity contribution in [2.75, 3.05) is 0 Å². The first-order valence-electron chi connectivity index (χ1n) is 7.47. The maximum absolute atomic E-state index is 12.4. The van der Waals surface area contributed by atoms with E-state index in [-0.39, 0.29) is 11.9 Å². The lowest BCUT2D eigenvalue weighted by Gasteiger charge is -2.16. The number of hydrogen-bond donors (Lipinski definition) is 1. The van der Waals surface area contributed by atoms with Crippen LogP contribution in [0.25, 0.3) is 5.69 Å². The fourth-order valence-electron chi connectivity index (χ4n) is 2.44. The average molecular weight is 306 g/mol. The molecule has 0 saturated carbocycles. The van der Waals surface area contributed by atoms with Crippen LogP contribution in [-0.2, 0) is 0 Å². The van der Waals surface area contributed by atoms with Gasteiger partial charge in [-0.3, -0.25) is 9.78 Å². The third-order valence-corrected chi connectivity index (χ3v) is 3.74. The molecule has 1 amide bonds. The van der Waals surface area contributed by atoms with E-state index in [4.69, 9.17) is 0 Å². The summed E-state index contributed by atoms with van der Waals surface area (Å²) in [5.41, 5.74) is 3.31. The second-order valence-corrected chi connectivity index (χ2v) is 5.38. The molecule has 3 aromatic rings. The van der Waals surface area contributed by atoms with E-state index in [1.807, 2.05) is 50.4 Å². The Morgan fingerprint density at radius 1 is 1.17 bits per heavy atom. The fourth-order valence-corrected chi connectivity index (χ4v) is 2.44. The number of nitrogens with zero attached hydrogens (tertiary/aromatic N) is 3. The van der Waals surface area contributed by atoms with E-state index in [0.29, 0.717) is 5.56 Å². The van der Waals surface area contributed by atoms with Crippen LogP contribution in [-0.4, -0.2) is 20.7 Å². The van der Waals surface area contributed by atoms with Gasteiger partial charge in [0.25, 0.3) is 5.91 Å². The molecule has 2 aromatic heterocycles. The minimum Gasteiger partial charge on any atom is -0.345 e. The number of aryl methyl sites for hydroxylation is 1. The molecule has 0 unspecified atom stereocenters. The molecule has 1 aromatic carbocycles. The van der Waals surface area contributed by atoms with Gasteiger partial charge < -0.3 is 5.32 Å². The molecular weight excluding hydrogens is 288 g/mol. The molecule has 5 heteroatoms. The van der Waals surface area contributed by atoms with Crippen LogP contribution in [0.5, 0.6) is 0 Å². The van der Waals surface area contributed by atoms with Gasteiger partial charge in [0.2, 0.25) is 0 Å². The maximum Gasteiger partial charge on any atom is 0.253 e. The molecule has 1 atom stereocenters. The summed E-state index contributed by atoms with van der Waals surface area (Å²) in [4.78, 5) is 16.5. The number of aromatic nitrogens is 3. The maximum atomic E-state index is 12.4. The molecule has 1 N–H and O–H groups in total. The first-order chi connectivity index (χ1) is 11.1. The third-order valence-electron chi connectivity index (χ3n) is 3.74. The molecule has 0 bridgehead atoms. The topological polar surface area (TPSA) is 59.8 Å². The first-order valence-corrected chi connectivity index (χ1v) is 7.47. The first kappa shape index (κ1) is 15.0. The molecule has 0 fully saturated rings. The van der Waals surface area contributed by atoms with E-state index in [0.717, 1.165) is 16.9 Å². The zero-order valence-electron chi connectivity index (χ0n) is 13.1. The second-order valence-electron chi connectivity index (χ2n) is 5.38. The zero-order valence-corrected chi connectivity index (χ0v) is 13.1. The average Bonchev–Trinajstić information content (AvgIpc) is 3.10. The highest BCUT2D eigenvalue weighted by Crippen LogP contribution is 2.17. The van der Waals surface area contributed by atoms with E-state index in [1.54, 1.807) is 29.2 Å². The minimum atomic E-state index is -0.118. The van der Waals surface area contributed by atoms with E-state index in [9.17, 15) is 4.79 Å². The van der Waals surface area contributed by atoms with E-state index in [1.165, 1.54) is 0 Å². The highest BCUT2D eigenvalue weighted by atomic mass is 16.1. The minimum absolute atomic E-state index is 0.113. The van der Waals surface area contributed by atoms with Gasteiger partial charge in [0, 0.05) is 24.3 Å². The van der Waals surface area contributed by atoms with Gasteiger partial charge in [-0.2, -0.15) is 5.10 Å². The Morgan fingerprint density at radius 3 is 2.78 bits per heavy atom. The number of pyridine rings is 1. The van der Waals surface area contributed by atoms with E-state index in [2.05, 4.69) is 15.4 Å². The predicted octanol–water partition coefficient (Wildman–Crippen LogP) is 3.07. The standard InChI is InChI=1S/C18H18N4O/c1-13(21-18(23)17-8-4-9-19-14(17)2)15-6-3-7-16(12-15)22-11-5-10-20-22/h3-13H,1-2H3,(H,21,23)/t13-/m0/s1. The Labute approximate surface area is 135 Å². The number of benzene rings is 1. The number of carbonyl (C=O) groups is 1. The summed E-state index contributed by atoms with van der Waals surface area (Å²) in [7, 11) is 0. The van der Waals surface area contributed by atoms with Gasteiger partial charge >= 0.3 is 0 Å². The smallest absolute Gasteiger partial charge is 0.253 e. The van der Waals surface area contributed by atoms with Crippen molar-refractivity contribution < 1.29 is 4.79 Å². The summed E-state index contributed by atoms with van der Waals surface area (Å²) in [5.74, 6) is -0.118. The molecule has 2 heterocycles. The summed E-state index contributed by atoms with van der Waals surface area (Å²) >= 11 is 0. The molecule has 0 aliphatic carbocycles. The van der Waals surface area contributed by atoms with Gasteiger partial charge in [-0.05, 0) is 49.7 Å². The van der Waals surface area contributed by atoms with Crippen LogP contribution in [0.15, 0.2) is 61.1 Å². The van der Waals surface area contributed by atoms with Gasteiger partial charge in [-0.1, -0.05) is 12.1 Å². The van der Waals surface area contributed by atoms with Crippen molar-refractivity contribution in [3.8, 4) is 5.69 Å². The number of amides is 1. The van der Waals surface area contributed by atoms with Crippen molar-refractivity contribution >= 4 is 5.91 Å². The van der Waals surface area contributed by atoms with Crippen LogP contribution >= 0.6 is 0 Å².